The second-order valence-electron chi connectivity index (χ2n) is 5.30. The van der Waals surface area contributed by atoms with Crippen LogP contribution in [-0.4, -0.2) is 37.3 Å². The van der Waals surface area contributed by atoms with Gasteiger partial charge in [0.05, 0.1) is 13.7 Å². The van der Waals surface area contributed by atoms with Gasteiger partial charge < -0.3 is 20.1 Å². The predicted octanol–water partition coefficient (Wildman–Crippen LogP) is 2.97. The lowest BCUT2D eigenvalue weighted by Crippen LogP contribution is -2.42. The van der Waals surface area contributed by atoms with Crippen LogP contribution >= 0.6 is 23.2 Å². The fourth-order valence-electron chi connectivity index (χ4n) is 2.12. The van der Waals surface area contributed by atoms with E-state index < -0.39 is 18.0 Å². The molecule has 140 valence electrons. The van der Waals surface area contributed by atoms with Gasteiger partial charge in [-0.15, -0.1) is 23.2 Å². The van der Waals surface area contributed by atoms with E-state index >= 15 is 0 Å². The van der Waals surface area contributed by atoms with Crippen molar-refractivity contribution >= 4 is 35.0 Å². The van der Waals surface area contributed by atoms with Gasteiger partial charge in [0.25, 0.3) is 0 Å². The van der Waals surface area contributed by atoms with E-state index in [2.05, 4.69) is 17.6 Å². The lowest BCUT2D eigenvalue weighted by Gasteiger charge is -2.21. The van der Waals surface area contributed by atoms with Crippen LogP contribution in [0.2, 0.25) is 0 Å². The Bertz CT molecular complexity index is 552. The first-order valence-electron chi connectivity index (χ1n) is 8.07. The quantitative estimate of drug-likeness (QED) is 0.346. The van der Waals surface area contributed by atoms with E-state index in [1.165, 1.54) is 0 Å². The lowest BCUT2D eigenvalue weighted by molar-refractivity contribution is -0.122. The maximum Gasteiger partial charge on any atom is 0.236 e. The number of carbonyl (C=O) groups is 2. The van der Waals surface area contributed by atoms with Gasteiger partial charge in [0, 0.05) is 0 Å². The van der Waals surface area contributed by atoms with Crippen LogP contribution in [0.5, 0.6) is 11.5 Å². The largest absolute Gasteiger partial charge is 0.493 e. The van der Waals surface area contributed by atoms with Crippen molar-refractivity contribution in [1.82, 2.24) is 10.6 Å². The minimum Gasteiger partial charge on any atom is -0.493 e. The zero-order valence-electron chi connectivity index (χ0n) is 14.4. The lowest BCUT2D eigenvalue weighted by atomic mass is 10.1. The third kappa shape index (κ3) is 7.40. The Morgan fingerprint density at radius 1 is 1.08 bits per heavy atom. The zero-order valence-corrected chi connectivity index (χ0v) is 16.0. The van der Waals surface area contributed by atoms with Gasteiger partial charge in [0.2, 0.25) is 11.8 Å². The summed E-state index contributed by atoms with van der Waals surface area (Å²) in [7, 11) is 1.55. The summed E-state index contributed by atoms with van der Waals surface area (Å²) in [4.78, 5) is 23.3. The van der Waals surface area contributed by atoms with Crippen molar-refractivity contribution in [2.45, 2.75) is 32.4 Å². The van der Waals surface area contributed by atoms with Crippen LogP contribution < -0.4 is 20.1 Å². The molecule has 25 heavy (non-hydrogen) atoms. The second-order valence-corrected chi connectivity index (χ2v) is 5.84. The number of amides is 2. The Kier molecular flexibility index (Phi) is 10.1. The third-order valence-electron chi connectivity index (χ3n) is 3.38. The number of benzene rings is 1. The topological polar surface area (TPSA) is 76.7 Å². The molecule has 0 aliphatic rings. The van der Waals surface area contributed by atoms with Gasteiger partial charge in [-0.3, -0.25) is 9.59 Å². The highest BCUT2D eigenvalue weighted by Crippen LogP contribution is 2.30. The molecule has 0 fully saturated rings. The van der Waals surface area contributed by atoms with Crippen molar-refractivity contribution in [2.24, 2.45) is 0 Å². The number of hydrogen-bond acceptors (Lipinski definition) is 4. The average molecular weight is 391 g/mol. The minimum absolute atomic E-state index is 0.218. The van der Waals surface area contributed by atoms with E-state index in [0.717, 1.165) is 19.3 Å². The van der Waals surface area contributed by atoms with E-state index in [0.29, 0.717) is 23.7 Å². The Morgan fingerprint density at radius 2 is 1.72 bits per heavy atom. The molecule has 0 radical (unpaired) electrons. The minimum atomic E-state index is -0.763. The molecule has 6 nitrogen and oxygen atoms in total. The first kappa shape index (κ1) is 21.4. The summed E-state index contributed by atoms with van der Waals surface area (Å²) in [6, 6.07) is 5.17. The molecule has 2 N–H and O–H groups in total. The molecule has 1 aromatic rings. The van der Waals surface area contributed by atoms with Crippen LogP contribution in [-0.2, 0) is 9.59 Å². The monoisotopic (exact) mass is 390 g/mol. The fraction of sp³-hybridized carbons (Fsp3) is 0.529. The van der Waals surface area contributed by atoms with E-state index in [9.17, 15) is 9.59 Å². The first-order chi connectivity index (χ1) is 12.0. The highest BCUT2D eigenvalue weighted by Gasteiger charge is 2.18. The van der Waals surface area contributed by atoms with Gasteiger partial charge in [-0.2, -0.15) is 0 Å². The molecule has 0 aromatic heterocycles. The molecule has 8 heteroatoms. The molecule has 0 unspecified atom stereocenters. The summed E-state index contributed by atoms with van der Waals surface area (Å²) >= 11 is 11.1. The summed E-state index contributed by atoms with van der Waals surface area (Å²) in [6.07, 6.45) is 2.33. The van der Waals surface area contributed by atoms with Gasteiger partial charge in [-0.05, 0) is 24.1 Å². The standard InChI is InChI=1S/C17H24Cl2N2O4/c1-3-4-5-8-25-14-9-12(6-7-13(14)24-2)17(20-15(22)10-18)21-16(23)11-19/h6-7,9,17H,3-5,8,10-11H2,1-2H3,(H,20,22)(H,21,23). The number of unbranched alkanes of at least 4 members (excludes halogenated alkanes) is 2. The summed E-state index contributed by atoms with van der Waals surface area (Å²) < 4.78 is 11.1. The number of nitrogens with one attached hydrogen (secondary N) is 2. The number of halogens is 2. The predicted molar refractivity (Wildman–Crippen MR) is 98.5 cm³/mol. The van der Waals surface area contributed by atoms with Gasteiger partial charge >= 0.3 is 0 Å². The maximum atomic E-state index is 11.6. The van der Waals surface area contributed by atoms with Gasteiger partial charge in [-0.25, -0.2) is 0 Å². The van der Waals surface area contributed by atoms with Crippen molar-refractivity contribution < 1.29 is 19.1 Å². The van der Waals surface area contributed by atoms with E-state index in [1.54, 1.807) is 25.3 Å². The smallest absolute Gasteiger partial charge is 0.236 e. The summed E-state index contributed by atoms with van der Waals surface area (Å²) in [6.45, 7) is 2.67. The van der Waals surface area contributed by atoms with Gasteiger partial charge in [0.15, 0.2) is 11.5 Å². The molecule has 0 heterocycles. The third-order valence-corrected chi connectivity index (χ3v) is 3.87. The summed E-state index contributed by atoms with van der Waals surface area (Å²) in [5.74, 6) is -0.147. The molecule has 0 aliphatic heterocycles. The van der Waals surface area contributed by atoms with E-state index in [1.807, 2.05) is 0 Å². The number of methoxy groups -OCH3 is 1. The van der Waals surface area contributed by atoms with Crippen molar-refractivity contribution in [1.29, 1.82) is 0 Å². The number of carbonyl (C=O) groups excluding carboxylic acids is 2. The van der Waals surface area contributed by atoms with Crippen LogP contribution in [0.15, 0.2) is 18.2 Å². The molecule has 2 amide bonds. The molecule has 0 aliphatic carbocycles. The van der Waals surface area contributed by atoms with Crippen LogP contribution in [0.3, 0.4) is 0 Å². The van der Waals surface area contributed by atoms with Crippen molar-refractivity contribution in [3.63, 3.8) is 0 Å². The Labute approximate surface area is 158 Å². The molecule has 1 aromatic carbocycles. The molecule has 0 atom stereocenters. The van der Waals surface area contributed by atoms with Crippen LogP contribution in [0.1, 0.15) is 37.9 Å². The number of hydrogen-bond donors (Lipinski definition) is 2. The fourth-order valence-corrected chi connectivity index (χ4v) is 2.28. The molecule has 0 saturated heterocycles. The Balaban J connectivity index is 2.99. The number of ether oxygens (including phenoxy) is 2. The van der Waals surface area contributed by atoms with Gasteiger partial charge in [0.1, 0.15) is 17.9 Å². The van der Waals surface area contributed by atoms with Crippen LogP contribution in [0.25, 0.3) is 0 Å². The molecule has 0 saturated carbocycles. The van der Waals surface area contributed by atoms with Crippen molar-refractivity contribution in [3.05, 3.63) is 23.8 Å². The highest BCUT2D eigenvalue weighted by atomic mass is 35.5. The zero-order chi connectivity index (χ0) is 18.7. The number of alkyl halides is 2. The Hall–Kier alpha value is -1.66. The molecule has 0 bridgehead atoms. The second kappa shape index (κ2) is 11.8. The van der Waals surface area contributed by atoms with E-state index in [-0.39, 0.29) is 11.8 Å². The van der Waals surface area contributed by atoms with Crippen LogP contribution in [0, 0.1) is 0 Å². The molecular formula is C17H24Cl2N2O4. The summed E-state index contributed by atoms with van der Waals surface area (Å²) in [5, 5.41) is 5.26. The maximum absolute atomic E-state index is 11.6. The molecular weight excluding hydrogens is 367 g/mol. The highest BCUT2D eigenvalue weighted by molar-refractivity contribution is 6.27. The number of rotatable bonds is 11. The SMILES string of the molecule is CCCCCOc1cc(C(NC(=O)CCl)NC(=O)CCl)ccc1OC. The van der Waals surface area contributed by atoms with Crippen LogP contribution in [0.4, 0.5) is 0 Å². The Morgan fingerprint density at radius 3 is 2.24 bits per heavy atom. The summed E-state index contributed by atoms with van der Waals surface area (Å²) in [5.41, 5.74) is 0.628. The van der Waals surface area contributed by atoms with E-state index in [4.69, 9.17) is 32.7 Å². The first-order valence-corrected chi connectivity index (χ1v) is 9.14. The normalized spacial score (nSPS) is 10.4. The van der Waals surface area contributed by atoms with Crippen molar-refractivity contribution in [3.8, 4) is 11.5 Å². The molecule has 0 spiro atoms. The average Bonchev–Trinajstić information content (AvgIpc) is 2.64. The van der Waals surface area contributed by atoms with Crippen molar-refractivity contribution in [2.75, 3.05) is 25.5 Å². The van der Waals surface area contributed by atoms with Gasteiger partial charge in [-0.1, -0.05) is 25.8 Å². The molecule has 1 rings (SSSR count).